The van der Waals surface area contributed by atoms with Crippen LogP contribution in [0.5, 0.6) is 0 Å². The number of hydrogen-bond acceptors (Lipinski definition) is 3. The predicted molar refractivity (Wildman–Crippen MR) is 69.1 cm³/mol. The van der Waals surface area contributed by atoms with Gasteiger partial charge in [-0.2, -0.15) is 0 Å². The maximum atomic E-state index is 11.7. The predicted octanol–water partition coefficient (Wildman–Crippen LogP) is 2.39. The molecule has 0 aliphatic rings. The summed E-state index contributed by atoms with van der Waals surface area (Å²) in [4.78, 5) is 11.7. The molecule has 1 rings (SSSR count). The number of halogens is 1. The molecule has 0 bridgehead atoms. The fraction of sp³-hybridized carbons (Fsp3) is 0.364. The third-order valence-corrected chi connectivity index (χ3v) is 3.32. The van der Waals surface area contributed by atoms with E-state index < -0.39 is 0 Å². The Morgan fingerprint density at radius 3 is 2.69 bits per heavy atom. The third-order valence-electron chi connectivity index (χ3n) is 1.94. The van der Waals surface area contributed by atoms with Gasteiger partial charge in [-0.25, -0.2) is 0 Å². The molecular formula is C11H14ClNO2S. The van der Waals surface area contributed by atoms with Crippen molar-refractivity contribution in [3.8, 4) is 0 Å². The van der Waals surface area contributed by atoms with Crippen LogP contribution in [-0.2, 0) is 4.79 Å². The lowest BCUT2D eigenvalue weighted by Crippen LogP contribution is -2.23. The number of aliphatic hydroxyl groups is 1. The molecule has 0 aliphatic heterocycles. The van der Waals surface area contributed by atoms with Gasteiger partial charge in [0.1, 0.15) is 0 Å². The second-order valence-corrected chi connectivity index (χ2v) is 5.12. The Hall–Kier alpha value is -0.710. The van der Waals surface area contributed by atoms with E-state index in [0.717, 1.165) is 5.69 Å². The second-order valence-electron chi connectivity index (χ2n) is 3.23. The normalized spacial score (nSPS) is 12.2. The van der Waals surface area contributed by atoms with Crippen LogP contribution in [0.25, 0.3) is 0 Å². The minimum Gasteiger partial charge on any atom is -0.396 e. The quantitative estimate of drug-likeness (QED) is 0.854. The fourth-order valence-corrected chi connectivity index (χ4v) is 1.88. The molecule has 5 heteroatoms. The highest BCUT2D eigenvalue weighted by Gasteiger charge is 2.12. The molecule has 1 amide bonds. The zero-order valence-corrected chi connectivity index (χ0v) is 10.5. The summed E-state index contributed by atoms with van der Waals surface area (Å²) >= 11 is 7.15. The smallest absolute Gasteiger partial charge is 0.237 e. The van der Waals surface area contributed by atoms with Crippen molar-refractivity contribution in [2.24, 2.45) is 0 Å². The van der Waals surface area contributed by atoms with Gasteiger partial charge in [-0.15, -0.1) is 11.8 Å². The maximum absolute atomic E-state index is 11.7. The molecule has 0 fully saturated rings. The molecule has 0 heterocycles. The summed E-state index contributed by atoms with van der Waals surface area (Å²) in [6, 6.07) is 6.96. The average Bonchev–Trinajstić information content (AvgIpc) is 2.29. The van der Waals surface area contributed by atoms with Crippen molar-refractivity contribution in [1.29, 1.82) is 0 Å². The van der Waals surface area contributed by atoms with E-state index >= 15 is 0 Å². The highest BCUT2D eigenvalue weighted by atomic mass is 35.5. The molecule has 0 unspecified atom stereocenters. The van der Waals surface area contributed by atoms with Gasteiger partial charge in [-0.3, -0.25) is 4.79 Å². The number of anilines is 1. The Morgan fingerprint density at radius 2 is 2.12 bits per heavy atom. The summed E-state index contributed by atoms with van der Waals surface area (Å²) < 4.78 is 0. The molecule has 2 N–H and O–H groups in total. The molecular weight excluding hydrogens is 246 g/mol. The topological polar surface area (TPSA) is 49.3 Å². The minimum absolute atomic E-state index is 0.0687. The van der Waals surface area contributed by atoms with Crippen LogP contribution >= 0.6 is 23.4 Å². The molecule has 1 atom stereocenters. The number of amides is 1. The lowest BCUT2D eigenvalue weighted by atomic mass is 10.3. The van der Waals surface area contributed by atoms with Crippen LogP contribution in [0.1, 0.15) is 6.92 Å². The van der Waals surface area contributed by atoms with E-state index in [9.17, 15) is 4.79 Å². The zero-order valence-electron chi connectivity index (χ0n) is 8.94. The Balaban J connectivity index is 2.47. The van der Waals surface area contributed by atoms with Gasteiger partial charge in [0.15, 0.2) is 0 Å². The standard InChI is InChI=1S/C11H14ClNO2S/c1-8(16-7-6-14)11(15)13-10-4-2-9(12)3-5-10/h2-5,8,14H,6-7H2,1H3,(H,13,15)/t8-/m0/s1. The van der Waals surface area contributed by atoms with Crippen molar-refractivity contribution in [1.82, 2.24) is 0 Å². The van der Waals surface area contributed by atoms with Crippen molar-refractivity contribution in [2.45, 2.75) is 12.2 Å². The Morgan fingerprint density at radius 1 is 1.50 bits per heavy atom. The number of carbonyl (C=O) groups is 1. The zero-order chi connectivity index (χ0) is 12.0. The molecule has 0 saturated carbocycles. The van der Waals surface area contributed by atoms with E-state index in [4.69, 9.17) is 16.7 Å². The number of benzene rings is 1. The molecule has 0 radical (unpaired) electrons. The van der Waals surface area contributed by atoms with Crippen molar-refractivity contribution < 1.29 is 9.90 Å². The van der Waals surface area contributed by atoms with Crippen LogP contribution in [0, 0.1) is 0 Å². The number of hydrogen-bond donors (Lipinski definition) is 2. The molecule has 1 aromatic rings. The number of nitrogens with one attached hydrogen (secondary N) is 1. The first-order valence-corrected chi connectivity index (χ1v) is 6.35. The van der Waals surface area contributed by atoms with Gasteiger partial charge in [-0.05, 0) is 31.2 Å². The maximum Gasteiger partial charge on any atom is 0.237 e. The summed E-state index contributed by atoms with van der Waals surface area (Å²) in [6.07, 6.45) is 0. The van der Waals surface area contributed by atoms with Crippen LogP contribution < -0.4 is 5.32 Å². The third kappa shape index (κ3) is 4.43. The molecule has 0 saturated heterocycles. The largest absolute Gasteiger partial charge is 0.396 e. The lowest BCUT2D eigenvalue weighted by molar-refractivity contribution is -0.115. The average molecular weight is 260 g/mol. The summed E-state index contributed by atoms with van der Waals surface area (Å²) in [5, 5.41) is 11.9. The van der Waals surface area contributed by atoms with Gasteiger partial charge in [-0.1, -0.05) is 11.6 Å². The molecule has 0 aromatic heterocycles. The molecule has 88 valence electrons. The summed E-state index contributed by atoms with van der Waals surface area (Å²) in [5.41, 5.74) is 0.728. The van der Waals surface area contributed by atoms with Crippen LogP contribution in [0.3, 0.4) is 0 Å². The van der Waals surface area contributed by atoms with E-state index in [1.807, 2.05) is 6.92 Å². The van der Waals surface area contributed by atoms with Crippen LogP contribution in [-0.4, -0.2) is 28.6 Å². The van der Waals surface area contributed by atoms with Crippen molar-refractivity contribution in [2.75, 3.05) is 17.7 Å². The van der Waals surface area contributed by atoms with Crippen LogP contribution in [0.15, 0.2) is 24.3 Å². The number of rotatable bonds is 5. The van der Waals surface area contributed by atoms with Gasteiger partial charge in [0.25, 0.3) is 0 Å². The van der Waals surface area contributed by atoms with E-state index in [0.29, 0.717) is 10.8 Å². The van der Waals surface area contributed by atoms with Gasteiger partial charge in [0, 0.05) is 16.5 Å². The summed E-state index contributed by atoms with van der Waals surface area (Å²) in [6.45, 7) is 1.90. The lowest BCUT2D eigenvalue weighted by Gasteiger charge is -2.11. The van der Waals surface area contributed by atoms with Crippen molar-refractivity contribution >= 4 is 35.0 Å². The minimum atomic E-state index is -0.178. The molecule has 0 aliphatic carbocycles. The highest BCUT2D eigenvalue weighted by Crippen LogP contribution is 2.16. The molecule has 16 heavy (non-hydrogen) atoms. The first-order valence-electron chi connectivity index (χ1n) is 4.92. The number of aliphatic hydroxyl groups excluding tert-OH is 1. The van der Waals surface area contributed by atoms with Gasteiger partial charge < -0.3 is 10.4 Å². The monoisotopic (exact) mass is 259 g/mol. The molecule has 0 spiro atoms. The summed E-state index contributed by atoms with van der Waals surface area (Å²) in [7, 11) is 0. The van der Waals surface area contributed by atoms with E-state index in [1.165, 1.54) is 11.8 Å². The van der Waals surface area contributed by atoms with Gasteiger partial charge >= 0.3 is 0 Å². The van der Waals surface area contributed by atoms with E-state index in [1.54, 1.807) is 24.3 Å². The summed E-state index contributed by atoms with van der Waals surface area (Å²) in [5.74, 6) is 0.496. The van der Waals surface area contributed by atoms with Crippen molar-refractivity contribution in [3.63, 3.8) is 0 Å². The Kier molecular flexibility index (Phi) is 5.66. The first-order chi connectivity index (χ1) is 7.63. The Bertz CT molecular complexity index is 342. The second kappa shape index (κ2) is 6.78. The Labute approximate surface area is 104 Å². The van der Waals surface area contributed by atoms with E-state index in [-0.39, 0.29) is 17.8 Å². The molecule has 3 nitrogen and oxygen atoms in total. The highest BCUT2D eigenvalue weighted by molar-refractivity contribution is 8.00. The van der Waals surface area contributed by atoms with Gasteiger partial charge in [0.05, 0.1) is 11.9 Å². The van der Waals surface area contributed by atoms with Gasteiger partial charge in [0.2, 0.25) is 5.91 Å². The van der Waals surface area contributed by atoms with Crippen LogP contribution in [0.2, 0.25) is 5.02 Å². The number of carbonyl (C=O) groups excluding carboxylic acids is 1. The fourth-order valence-electron chi connectivity index (χ4n) is 1.08. The molecule has 1 aromatic carbocycles. The van der Waals surface area contributed by atoms with E-state index in [2.05, 4.69) is 5.32 Å². The number of thioether (sulfide) groups is 1. The van der Waals surface area contributed by atoms with Crippen LogP contribution in [0.4, 0.5) is 5.69 Å². The SMILES string of the molecule is C[C@H](SCCO)C(=O)Nc1ccc(Cl)cc1. The van der Waals surface area contributed by atoms with Crippen molar-refractivity contribution in [3.05, 3.63) is 29.3 Å². The first kappa shape index (κ1) is 13.4.